The van der Waals surface area contributed by atoms with E-state index in [0.717, 1.165) is 0 Å². The van der Waals surface area contributed by atoms with E-state index in [0.29, 0.717) is 53.9 Å². The Balaban J connectivity index is 1.87. The van der Waals surface area contributed by atoms with Crippen molar-refractivity contribution >= 4 is 45.7 Å². The molecule has 2 heterocycles. The minimum atomic E-state index is -1.56. The Kier molecular flexibility index (Phi) is 5.98. The third-order valence-electron chi connectivity index (χ3n) is 6.35. The van der Waals surface area contributed by atoms with Gasteiger partial charge in [-0.1, -0.05) is 59.1 Å². The monoisotopic (exact) mass is 523 g/mol. The lowest BCUT2D eigenvalue weighted by Crippen LogP contribution is -2.31. The van der Waals surface area contributed by atoms with Crippen LogP contribution in [0.15, 0.2) is 84.0 Å². The van der Waals surface area contributed by atoms with Gasteiger partial charge in [-0.05, 0) is 53.1 Å². The molecule has 35 heavy (non-hydrogen) atoms. The molecule has 0 saturated carbocycles. The van der Waals surface area contributed by atoms with Gasteiger partial charge in [0.25, 0.3) is 5.56 Å². The number of imidazole rings is 1. The largest absolute Gasteiger partial charge is 0.374 e. The molecule has 0 amide bonds. The number of aryl methyl sites for hydroxylation is 2. The first-order chi connectivity index (χ1) is 16.7. The van der Waals surface area contributed by atoms with Crippen molar-refractivity contribution < 1.29 is 5.11 Å². The number of pyridine rings is 1. The highest BCUT2D eigenvalue weighted by Gasteiger charge is 2.37. The smallest absolute Gasteiger partial charge is 0.251 e. The standard InChI is InChI=1S/C27H20Cl3N3O2/c1-32-15-31-14-24(32)27(35,16-6-9-18(28)10-7-16)17-8-11-23-19(12-17)20(13-25(34)33(23)2)26-21(29)4-3-5-22(26)30/h3-15,35H,1-2H3. The predicted octanol–water partition coefficient (Wildman–Crippen LogP) is 6.18. The predicted molar refractivity (Wildman–Crippen MR) is 141 cm³/mol. The molecular formula is C27H20Cl3N3O2. The molecule has 1 atom stereocenters. The molecule has 0 spiro atoms. The van der Waals surface area contributed by atoms with Crippen molar-refractivity contribution in [2.24, 2.45) is 14.1 Å². The summed E-state index contributed by atoms with van der Waals surface area (Å²) in [4.78, 5) is 17.0. The van der Waals surface area contributed by atoms with Crippen molar-refractivity contribution in [3.63, 3.8) is 0 Å². The van der Waals surface area contributed by atoms with Gasteiger partial charge in [0.1, 0.15) is 0 Å². The number of nitrogens with zero attached hydrogens (tertiary/aromatic N) is 3. The number of rotatable bonds is 4. The second-order valence-electron chi connectivity index (χ2n) is 8.39. The first-order valence-corrected chi connectivity index (χ1v) is 11.9. The van der Waals surface area contributed by atoms with Crippen LogP contribution in [0.3, 0.4) is 0 Å². The van der Waals surface area contributed by atoms with Crippen LogP contribution >= 0.6 is 34.8 Å². The van der Waals surface area contributed by atoms with E-state index < -0.39 is 5.60 Å². The Morgan fingerprint density at radius 1 is 0.886 bits per heavy atom. The van der Waals surface area contributed by atoms with Gasteiger partial charge in [0.2, 0.25) is 0 Å². The minimum Gasteiger partial charge on any atom is -0.374 e. The lowest BCUT2D eigenvalue weighted by Gasteiger charge is -2.30. The first kappa shape index (κ1) is 23.6. The second kappa shape index (κ2) is 8.85. The highest BCUT2D eigenvalue weighted by atomic mass is 35.5. The molecular weight excluding hydrogens is 505 g/mol. The summed E-state index contributed by atoms with van der Waals surface area (Å²) in [6.07, 6.45) is 3.27. The van der Waals surface area contributed by atoms with Crippen LogP contribution in [0.25, 0.3) is 22.0 Å². The van der Waals surface area contributed by atoms with Gasteiger partial charge in [0.05, 0.1) is 23.7 Å². The van der Waals surface area contributed by atoms with Crippen LogP contribution in [0.2, 0.25) is 15.1 Å². The fourth-order valence-electron chi connectivity index (χ4n) is 4.51. The molecule has 8 heteroatoms. The Morgan fingerprint density at radius 2 is 1.54 bits per heavy atom. The van der Waals surface area contributed by atoms with Crippen LogP contribution < -0.4 is 5.56 Å². The molecule has 1 N–H and O–H groups in total. The molecule has 3 aromatic carbocycles. The van der Waals surface area contributed by atoms with Gasteiger partial charge < -0.3 is 14.2 Å². The molecule has 0 fully saturated rings. The molecule has 0 saturated heterocycles. The van der Waals surface area contributed by atoms with E-state index in [2.05, 4.69) is 4.98 Å². The van der Waals surface area contributed by atoms with Crippen LogP contribution in [0.5, 0.6) is 0 Å². The molecule has 0 aliphatic rings. The maximum absolute atomic E-state index is 12.8. The minimum absolute atomic E-state index is 0.198. The quantitative estimate of drug-likeness (QED) is 0.305. The van der Waals surface area contributed by atoms with E-state index in [9.17, 15) is 9.90 Å². The van der Waals surface area contributed by atoms with E-state index in [4.69, 9.17) is 34.8 Å². The number of benzene rings is 3. The average molecular weight is 525 g/mol. The highest BCUT2D eigenvalue weighted by molar-refractivity contribution is 6.39. The number of hydrogen-bond donors (Lipinski definition) is 1. The lowest BCUT2D eigenvalue weighted by molar-refractivity contribution is 0.117. The Labute approximate surface area is 216 Å². The second-order valence-corrected chi connectivity index (χ2v) is 9.64. The van der Waals surface area contributed by atoms with Crippen molar-refractivity contribution in [1.82, 2.24) is 14.1 Å². The molecule has 1 unspecified atom stereocenters. The van der Waals surface area contributed by atoms with Crippen LogP contribution in [-0.2, 0) is 19.7 Å². The van der Waals surface area contributed by atoms with Crippen LogP contribution in [-0.4, -0.2) is 19.2 Å². The summed E-state index contributed by atoms with van der Waals surface area (Å²) in [6.45, 7) is 0. The van der Waals surface area contributed by atoms with Crippen molar-refractivity contribution in [2.45, 2.75) is 5.60 Å². The zero-order valence-electron chi connectivity index (χ0n) is 18.8. The van der Waals surface area contributed by atoms with Crippen molar-refractivity contribution in [3.05, 3.63) is 121 Å². The molecule has 0 radical (unpaired) electrons. The fraction of sp³-hybridized carbons (Fsp3) is 0.111. The summed E-state index contributed by atoms with van der Waals surface area (Å²) >= 11 is 19.2. The van der Waals surface area contributed by atoms with E-state index >= 15 is 0 Å². The summed E-state index contributed by atoms with van der Waals surface area (Å²) in [5, 5.41) is 14.4. The zero-order valence-corrected chi connectivity index (χ0v) is 21.1. The summed E-state index contributed by atoms with van der Waals surface area (Å²) in [7, 11) is 3.53. The Bertz CT molecular complexity index is 1620. The summed E-state index contributed by atoms with van der Waals surface area (Å²) in [6, 6.07) is 19.3. The molecule has 5 nitrogen and oxygen atoms in total. The van der Waals surface area contributed by atoms with Gasteiger partial charge >= 0.3 is 0 Å². The van der Waals surface area contributed by atoms with Gasteiger partial charge in [-0.25, -0.2) is 4.98 Å². The van der Waals surface area contributed by atoms with Gasteiger partial charge in [0, 0.05) is 46.2 Å². The number of aromatic nitrogens is 3. The molecule has 5 aromatic rings. The van der Waals surface area contributed by atoms with Crippen LogP contribution in [0, 0.1) is 0 Å². The molecule has 0 aliphatic heterocycles. The van der Waals surface area contributed by atoms with Gasteiger partial charge in [-0.15, -0.1) is 0 Å². The average Bonchev–Trinajstić information content (AvgIpc) is 3.28. The maximum Gasteiger partial charge on any atom is 0.251 e. The van der Waals surface area contributed by atoms with Gasteiger partial charge in [-0.2, -0.15) is 0 Å². The third-order valence-corrected chi connectivity index (χ3v) is 7.23. The maximum atomic E-state index is 12.8. The van der Waals surface area contributed by atoms with Crippen LogP contribution in [0.4, 0.5) is 0 Å². The van der Waals surface area contributed by atoms with E-state index in [1.807, 2.05) is 19.2 Å². The highest BCUT2D eigenvalue weighted by Crippen LogP contribution is 2.41. The van der Waals surface area contributed by atoms with Crippen molar-refractivity contribution in [1.29, 1.82) is 0 Å². The summed E-state index contributed by atoms with van der Waals surface area (Å²) in [5.74, 6) is 0. The molecule has 0 aliphatic carbocycles. The van der Waals surface area contributed by atoms with E-state index in [1.54, 1.807) is 77.2 Å². The van der Waals surface area contributed by atoms with E-state index in [1.165, 1.54) is 6.07 Å². The first-order valence-electron chi connectivity index (χ1n) is 10.8. The zero-order chi connectivity index (χ0) is 24.9. The summed E-state index contributed by atoms with van der Waals surface area (Å²) in [5.41, 5.74) is 1.84. The normalized spacial score (nSPS) is 13.2. The number of aliphatic hydroxyl groups is 1. The number of halogens is 3. The Morgan fingerprint density at radius 3 is 2.17 bits per heavy atom. The van der Waals surface area contributed by atoms with Crippen molar-refractivity contribution in [3.8, 4) is 11.1 Å². The van der Waals surface area contributed by atoms with Crippen molar-refractivity contribution in [2.75, 3.05) is 0 Å². The third kappa shape index (κ3) is 3.85. The number of hydrogen-bond acceptors (Lipinski definition) is 3. The SMILES string of the molecule is Cn1cncc1C(O)(c1ccc(Cl)cc1)c1ccc2c(c1)c(-c1c(Cl)cccc1Cl)cc(=O)n2C. The summed E-state index contributed by atoms with van der Waals surface area (Å²) < 4.78 is 3.32. The van der Waals surface area contributed by atoms with Gasteiger partial charge in [-0.3, -0.25) is 4.79 Å². The van der Waals surface area contributed by atoms with Crippen LogP contribution in [0.1, 0.15) is 16.8 Å². The number of fused-ring (bicyclic) bond motifs is 1. The molecule has 176 valence electrons. The fourth-order valence-corrected chi connectivity index (χ4v) is 5.23. The topological polar surface area (TPSA) is 60.0 Å². The Hall–Kier alpha value is -3.09. The molecule has 2 aromatic heterocycles. The van der Waals surface area contributed by atoms with Gasteiger partial charge in [0.15, 0.2) is 5.60 Å². The lowest BCUT2D eigenvalue weighted by atomic mass is 9.82. The molecule has 5 rings (SSSR count). The van der Waals surface area contributed by atoms with E-state index in [-0.39, 0.29) is 5.56 Å². The molecule has 0 bridgehead atoms.